The number of carbonyl (C=O) groups excluding carboxylic acids is 2. The van der Waals surface area contributed by atoms with Crippen molar-refractivity contribution in [2.75, 3.05) is 13.7 Å². The first-order valence-corrected chi connectivity index (χ1v) is 4.96. The van der Waals surface area contributed by atoms with Crippen LogP contribution < -0.4 is 0 Å². The van der Waals surface area contributed by atoms with Crippen LogP contribution in [0.2, 0.25) is 0 Å². The Labute approximate surface area is 94.2 Å². The molecule has 16 heavy (non-hydrogen) atoms. The highest BCUT2D eigenvalue weighted by atomic mass is 16.5. The summed E-state index contributed by atoms with van der Waals surface area (Å²) < 4.78 is 9.51. The van der Waals surface area contributed by atoms with Gasteiger partial charge in [0.1, 0.15) is 0 Å². The summed E-state index contributed by atoms with van der Waals surface area (Å²) in [5, 5.41) is 0. The fraction of sp³-hybridized carbons (Fsp3) is 0.333. The van der Waals surface area contributed by atoms with E-state index in [0.717, 1.165) is 0 Å². The monoisotopic (exact) mass is 222 g/mol. The lowest BCUT2D eigenvalue weighted by Crippen LogP contribution is -2.14. The van der Waals surface area contributed by atoms with Gasteiger partial charge in [0.05, 0.1) is 24.8 Å². The van der Waals surface area contributed by atoms with Crippen LogP contribution in [0.4, 0.5) is 0 Å². The van der Waals surface area contributed by atoms with Crippen LogP contribution in [-0.2, 0) is 9.47 Å². The maximum atomic E-state index is 11.6. The predicted octanol–water partition coefficient (Wildman–Crippen LogP) is 1.96. The van der Waals surface area contributed by atoms with Gasteiger partial charge >= 0.3 is 11.9 Å². The molecule has 0 saturated heterocycles. The van der Waals surface area contributed by atoms with Gasteiger partial charge in [-0.1, -0.05) is 12.1 Å². The third kappa shape index (κ3) is 2.39. The molecule has 0 amide bonds. The van der Waals surface area contributed by atoms with Gasteiger partial charge in [-0.3, -0.25) is 0 Å². The van der Waals surface area contributed by atoms with Gasteiger partial charge in [-0.15, -0.1) is 0 Å². The number of methoxy groups -OCH3 is 1. The molecular formula is C12H14O4. The van der Waals surface area contributed by atoms with Crippen molar-refractivity contribution < 1.29 is 19.1 Å². The Balaban J connectivity index is 3.22. The molecule has 0 saturated carbocycles. The number of hydrogen-bond donors (Lipinski definition) is 0. The van der Waals surface area contributed by atoms with Crippen molar-refractivity contribution in [1.82, 2.24) is 0 Å². The summed E-state index contributed by atoms with van der Waals surface area (Å²) >= 11 is 0. The summed E-state index contributed by atoms with van der Waals surface area (Å²) in [6.07, 6.45) is 0. The van der Waals surface area contributed by atoms with Crippen molar-refractivity contribution >= 4 is 11.9 Å². The zero-order chi connectivity index (χ0) is 12.1. The predicted molar refractivity (Wildman–Crippen MR) is 58.5 cm³/mol. The lowest BCUT2D eigenvalue weighted by Gasteiger charge is -2.09. The first-order valence-electron chi connectivity index (χ1n) is 4.96. The van der Waals surface area contributed by atoms with Crippen molar-refractivity contribution in [1.29, 1.82) is 0 Å². The standard InChI is InChI=1S/C12H14O4/c1-4-16-11(13)9-7-5-6-8(2)10(9)12(14)15-3/h5-7H,4H2,1-3H3. The van der Waals surface area contributed by atoms with Crippen molar-refractivity contribution in [3.05, 3.63) is 34.9 Å². The zero-order valence-corrected chi connectivity index (χ0v) is 9.57. The molecule has 0 unspecified atom stereocenters. The van der Waals surface area contributed by atoms with E-state index in [0.29, 0.717) is 5.56 Å². The number of rotatable bonds is 3. The van der Waals surface area contributed by atoms with Crippen LogP contribution >= 0.6 is 0 Å². The largest absolute Gasteiger partial charge is 0.465 e. The van der Waals surface area contributed by atoms with Gasteiger partial charge < -0.3 is 9.47 Å². The maximum absolute atomic E-state index is 11.6. The van der Waals surface area contributed by atoms with Gasteiger partial charge in [0.25, 0.3) is 0 Å². The molecule has 0 aromatic heterocycles. The van der Waals surface area contributed by atoms with Crippen LogP contribution in [0.25, 0.3) is 0 Å². The molecule has 0 fully saturated rings. The summed E-state index contributed by atoms with van der Waals surface area (Å²) in [5.74, 6) is -1.03. The Hall–Kier alpha value is -1.84. The van der Waals surface area contributed by atoms with E-state index < -0.39 is 11.9 Å². The zero-order valence-electron chi connectivity index (χ0n) is 9.57. The van der Waals surface area contributed by atoms with Crippen LogP contribution in [0.1, 0.15) is 33.2 Å². The van der Waals surface area contributed by atoms with Crippen LogP contribution in [-0.4, -0.2) is 25.7 Å². The van der Waals surface area contributed by atoms with Gasteiger partial charge in [0, 0.05) is 0 Å². The fourth-order valence-electron chi connectivity index (χ4n) is 1.42. The van der Waals surface area contributed by atoms with Gasteiger partial charge in [-0.05, 0) is 25.5 Å². The lowest BCUT2D eigenvalue weighted by molar-refractivity contribution is 0.0503. The van der Waals surface area contributed by atoms with Gasteiger partial charge in [-0.2, -0.15) is 0 Å². The third-order valence-corrected chi connectivity index (χ3v) is 2.16. The van der Waals surface area contributed by atoms with Crippen LogP contribution in [0, 0.1) is 6.92 Å². The number of esters is 2. The Kier molecular flexibility index (Phi) is 4.05. The summed E-state index contributed by atoms with van der Waals surface area (Å²) in [4.78, 5) is 23.1. The second kappa shape index (κ2) is 5.30. The number of carbonyl (C=O) groups is 2. The molecule has 4 nitrogen and oxygen atoms in total. The van der Waals surface area contributed by atoms with Crippen LogP contribution in [0.5, 0.6) is 0 Å². The Bertz CT molecular complexity index is 409. The molecule has 0 spiro atoms. The fourth-order valence-corrected chi connectivity index (χ4v) is 1.42. The van der Waals surface area contributed by atoms with Gasteiger partial charge in [0.2, 0.25) is 0 Å². The van der Waals surface area contributed by atoms with Gasteiger partial charge in [0.15, 0.2) is 0 Å². The molecule has 0 aliphatic carbocycles. The van der Waals surface area contributed by atoms with E-state index >= 15 is 0 Å². The molecule has 86 valence electrons. The lowest BCUT2D eigenvalue weighted by atomic mass is 10.0. The molecule has 0 bridgehead atoms. The summed E-state index contributed by atoms with van der Waals surface area (Å²) in [6, 6.07) is 5.00. The summed E-state index contributed by atoms with van der Waals surface area (Å²) in [7, 11) is 1.28. The van der Waals surface area contributed by atoms with E-state index in [1.54, 1.807) is 32.0 Å². The molecular weight excluding hydrogens is 208 g/mol. The minimum absolute atomic E-state index is 0.244. The van der Waals surface area contributed by atoms with Crippen molar-refractivity contribution in [3.8, 4) is 0 Å². The number of benzene rings is 1. The molecule has 0 aliphatic heterocycles. The first kappa shape index (κ1) is 12.2. The minimum atomic E-state index is -0.527. The topological polar surface area (TPSA) is 52.6 Å². The highest BCUT2D eigenvalue weighted by Crippen LogP contribution is 2.16. The Morgan fingerprint density at radius 2 is 1.94 bits per heavy atom. The second-order valence-corrected chi connectivity index (χ2v) is 3.21. The average molecular weight is 222 g/mol. The number of aryl methyl sites for hydroxylation is 1. The second-order valence-electron chi connectivity index (χ2n) is 3.21. The normalized spacial score (nSPS) is 9.69. The van der Waals surface area contributed by atoms with Crippen molar-refractivity contribution in [2.45, 2.75) is 13.8 Å². The maximum Gasteiger partial charge on any atom is 0.339 e. The summed E-state index contributed by atoms with van der Waals surface area (Å²) in [6.45, 7) is 3.73. The molecule has 0 atom stereocenters. The van der Waals surface area contributed by atoms with Crippen LogP contribution in [0.15, 0.2) is 18.2 Å². The SMILES string of the molecule is CCOC(=O)c1cccc(C)c1C(=O)OC. The highest BCUT2D eigenvalue weighted by Gasteiger charge is 2.20. The highest BCUT2D eigenvalue weighted by molar-refractivity contribution is 6.04. The molecule has 0 N–H and O–H groups in total. The smallest absolute Gasteiger partial charge is 0.339 e. The molecule has 1 aromatic rings. The summed E-state index contributed by atoms with van der Waals surface area (Å²) in [5.41, 5.74) is 1.20. The van der Waals surface area contributed by atoms with E-state index in [-0.39, 0.29) is 17.7 Å². The molecule has 0 radical (unpaired) electrons. The molecule has 1 rings (SSSR count). The Morgan fingerprint density at radius 1 is 1.25 bits per heavy atom. The Morgan fingerprint density at radius 3 is 2.50 bits per heavy atom. The van der Waals surface area contributed by atoms with Crippen molar-refractivity contribution in [3.63, 3.8) is 0 Å². The van der Waals surface area contributed by atoms with E-state index in [9.17, 15) is 9.59 Å². The molecule has 0 heterocycles. The van der Waals surface area contributed by atoms with Crippen LogP contribution in [0.3, 0.4) is 0 Å². The number of hydrogen-bond acceptors (Lipinski definition) is 4. The van der Waals surface area contributed by atoms with E-state index in [2.05, 4.69) is 4.74 Å². The molecule has 1 aromatic carbocycles. The quantitative estimate of drug-likeness (QED) is 0.733. The van der Waals surface area contributed by atoms with E-state index in [4.69, 9.17) is 4.74 Å². The molecule has 4 heteroatoms. The first-order chi connectivity index (χ1) is 7.61. The average Bonchev–Trinajstić information content (AvgIpc) is 2.28. The van der Waals surface area contributed by atoms with Crippen molar-refractivity contribution in [2.24, 2.45) is 0 Å². The number of ether oxygens (including phenoxy) is 2. The van der Waals surface area contributed by atoms with E-state index in [1.165, 1.54) is 7.11 Å². The molecule has 0 aliphatic rings. The van der Waals surface area contributed by atoms with Gasteiger partial charge in [-0.25, -0.2) is 9.59 Å². The minimum Gasteiger partial charge on any atom is -0.465 e. The third-order valence-electron chi connectivity index (χ3n) is 2.16. The van der Waals surface area contributed by atoms with E-state index in [1.807, 2.05) is 0 Å².